The molecule has 9 nitrogen and oxygen atoms in total. The number of nitrogens with one attached hydrogen (secondary N) is 4. The highest BCUT2D eigenvalue weighted by Gasteiger charge is 2.26. The van der Waals surface area contributed by atoms with Gasteiger partial charge in [-0.1, -0.05) is 24.3 Å². The van der Waals surface area contributed by atoms with Crippen molar-refractivity contribution in [2.45, 2.75) is 44.2 Å². The van der Waals surface area contributed by atoms with Gasteiger partial charge in [0, 0.05) is 25.6 Å². The summed E-state index contributed by atoms with van der Waals surface area (Å²) in [6, 6.07) is 6.01. The van der Waals surface area contributed by atoms with Gasteiger partial charge in [0.05, 0.1) is 11.3 Å². The Labute approximate surface area is 175 Å². The first-order chi connectivity index (χ1) is 14.4. The van der Waals surface area contributed by atoms with Crippen molar-refractivity contribution in [2.75, 3.05) is 18.4 Å². The van der Waals surface area contributed by atoms with E-state index in [1.165, 1.54) is 0 Å². The van der Waals surface area contributed by atoms with Crippen LogP contribution in [0.15, 0.2) is 36.4 Å². The van der Waals surface area contributed by atoms with Crippen LogP contribution in [0.3, 0.4) is 0 Å². The monoisotopic (exact) mass is 412 g/mol. The van der Waals surface area contributed by atoms with E-state index in [4.69, 9.17) is 11.1 Å². The van der Waals surface area contributed by atoms with E-state index in [0.29, 0.717) is 56.4 Å². The first-order valence-corrected chi connectivity index (χ1v) is 10.2. The third kappa shape index (κ3) is 5.59. The van der Waals surface area contributed by atoms with Gasteiger partial charge in [0.2, 0.25) is 11.8 Å². The summed E-state index contributed by atoms with van der Waals surface area (Å²) < 4.78 is 0. The number of amides is 3. The number of benzene rings is 1. The van der Waals surface area contributed by atoms with Crippen LogP contribution in [0.25, 0.3) is 0 Å². The topological polar surface area (TPSA) is 140 Å². The summed E-state index contributed by atoms with van der Waals surface area (Å²) in [5.41, 5.74) is 6.27. The Morgan fingerprint density at radius 1 is 1.17 bits per heavy atom. The van der Waals surface area contributed by atoms with Crippen molar-refractivity contribution in [1.82, 2.24) is 15.5 Å². The minimum atomic E-state index is -0.720. The van der Waals surface area contributed by atoms with Gasteiger partial charge in [-0.2, -0.15) is 0 Å². The van der Waals surface area contributed by atoms with Gasteiger partial charge in [-0.3, -0.25) is 19.8 Å². The fourth-order valence-electron chi connectivity index (χ4n) is 3.60. The van der Waals surface area contributed by atoms with Gasteiger partial charge in [-0.05, 0) is 37.8 Å². The number of rotatable bonds is 2. The van der Waals surface area contributed by atoms with E-state index in [1.54, 1.807) is 29.2 Å². The second-order valence-electron chi connectivity index (χ2n) is 7.52. The van der Waals surface area contributed by atoms with E-state index < -0.39 is 11.9 Å². The molecule has 2 aliphatic heterocycles. The maximum absolute atomic E-state index is 12.9. The van der Waals surface area contributed by atoms with Crippen molar-refractivity contribution < 1.29 is 14.4 Å². The molecule has 6 N–H and O–H groups in total. The number of para-hydroxylation sites is 1. The van der Waals surface area contributed by atoms with Crippen LogP contribution in [-0.4, -0.2) is 53.8 Å². The average Bonchev–Trinajstić information content (AvgIpc) is 2.72. The van der Waals surface area contributed by atoms with Gasteiger partial charge in [-0.15, -0.1) is 0 Å². The molecule has 1 atom stereocenters. The van der Waals surface area contributed by atoms with Crippen molar-refractivity contribution in [3.05, 3.63) is 42.0 Å². The number of nitrogens with zero attached hydrogens (tertiary/aromatic N) is 1. The highest BCUT2D eigenvalue weighted by Crippen LogP contribution is 2.17. The van der Waals surface area contributed by atoms with E-state index in [0.717, 1.165) is 0 Å². The first kappa shape index (κ1) is 21.4. The number of piperidine rings is 1. The minimum absolute atomic E-state index is 0.0260. The van der Waals surface area contributed by atoms with Gasteiger partial charge in [-0.25, -0.2) is 0 Å². The van der Waals surface area contributed by atoms with E-state index >= 15 is 0 Å². The molecule has 30 heavy (non-hydrogen) atoms. The third-order valence-electron chi connectivity index (χ3n) is 5.33. The summed E-state index contributed by atoms with van der Waals surface area (Å²) in [5, 5.41) is 16.1. The lowest BCUT2D eigenvalue weighted by atomic mass is 10.0. The number of carbonyl (C=O) groups excluding carboxylic acids is 3. The molecule has 2 aliphatic rings. The maximum Gasteiger partial charge on any atom is 0.254 e. The zero-order valence-electron chi connectivity index (χ0n) is 16.8. The number of carbonyl (C=O) groups is 3. The molecule has 3 rings (SSSR count). The Morgan fingerprint density at radius 2 is 1.90 bits per heavy atom. The molecule has 0 aliphatic carbocycles. The third-order valence-corrected chi connectivity index (χ3v) is 5.33. The van der Waals surface area contributed by atoms with Crippen LogP contribution in [0, 0.1) is 5.41 Å². The zero-order chi connectivity index (χ0) is 21.5. The van der Waals surface area contributed by atoms with Crippen LogP contribution >= 0.6 is 0 Å². The Hall–Kier alpha value is -3.36. The molecule has 0 aromatic heterocycles. The fraction of sp³-hybridized carbons (Fsp3) is 0.429. The van der Waals surface area contributed by atoms with Crippen molar-refractivity contribution in [3.8, 4) is 0 Å². The molecule has 1 aromatic carbocycles. The van der Waals surface area contributed by atoms with Gasteiger partial charge >= 0.3 is 0 Å². The first-order valence-electron chi connectivity index (χ1n) is 10.2. The lowest BCUT2D eigenvalue weighted by molar-refractivity contribution is -0.124. The highest BCUT2D eigenvalue weighted by molar-refractivity contribution is 6.05. The molecular weight excluding hydrogens is 384 g/mol. The molecule has 2 heterocycles. The van der Waals surface area contributed by atoms with Gasteiger partial charge in [0.15, 0.2) is 5.96 Å². The van der Waals surface area contributed by atoms with E-state index in [2.05, 4.69) is 16.0 Å². The quantitative estimate of drug-likeness (QED) is 0.279. The van der Waals surface area contributed by atoms with Crippen LogP contribution in [0.1, 0.15) is 42.5 Å². The molecule has 0 bridgehead atoms. The second kappa shape index (κ2) is 9.91. The number of nitrogens with two attached hydrogens (primary N) is 1. The number of hydrogen-bond acceptors (Lipinski definition) is 4. The number of hydrogen-bond donors (Lipinski definition) is 5. The Balaban J connectivity index is 1.70. The second-order valence-corrected chi connectivity index (χ2v) is 7.52. The minimum Gasteiger partial charge on any atom is -0.370 e. The van der Waals surface area contributed by atoms with Gasteiger partial charge in [0.1, 0.15) is 6.04 Å². The predicted molar refractivity (Wildman–Crippen MR) is 114 cm³/mol. The fourth-order valence-corrected chi connectivity index (χ4v) is 3.60. The number of anilines is 1. The van der Waals surface area contributed by atoms with E-state index in [1.807, 2.05) is 12.2 Å². The van der Waals surface area contributed by atoms with Crippen molar-refractivity contribution in [3.63, 3.8) is 0 Å². The molecule has 1 saturated heterocycles. The normalized spacial score (nSPS) is 21.9. The largest absolute Gasteiger partial charge is 0.370 e. The smallest absolute Gasteiger partial charge is 0.254 e. The molecule has 0 spiro atoms. The van der Waals surface area contributed by atoms with E-state index in [9.17, 15) is 14.4 Å². The SMILES string of the molecule is N=C(N)N1CCC(NC(=O)[C@H]2C/C=C/CCC(=O)Nc3ccccc3C(=O)N2)CC1. The Bertz CT molecular complexity index is 845. The van der Waals surface area contributed by atoms with Gasteiger partial charge < -0.3 is 26.6 Å². The molecule has 3 amide bonds. The van der Waals surface area contributed by atoms with Crippen LogP contribution in [-0.2, 0) is 9.59 Å². The summed E-state index contributed by atoms with van der Waals surface area (Å²) in [6.07, 6.45) is 6.26. The molecule has 0 radical (unpaired) electrons. The maximum atomic E-state index is 12.9. The molecule has 1 fully saturated rings. The molecule has 160 valence electrons. The summed E-state index contributed by atoms with van der Waals surface area (Å²) in [7, 11) is 0. The van der Waals surface area contributed by atoms with Crippen molar-refractivity contribution in [2.24, 2.45) is 5.73 Å². The summed E-state index contributed by atoms with van der Waals surface area (Å²) in [4.78, 5) is 39.6. The Morgan fingerprint density at radius 3 is 2.63 bits per heavy atom. The summed E-state index contributed by atoms with van der Waals surface area (Å²) in [5.74, 6) is -0.770. The summed E-state index contributed by atoms with van der Waals surface area (Å²) in [6.45, 7) is 1.23. The van der Waals surface area contributed by atoms with Crippen molar-refractivity contribution >= 4 is 29.4 Å². The predicted octanol–water partition coefficient (Wildman–Crippen LogP) is 0.938. The number of likely N-dealkylation sites (tertiary alicyclic amines) is 1. The number of allylic oxidation sites excluding steroid dienone is 1. The van der Waals surface area contributed by atoms with Crippen LogP contribution < -0.4 is 21.7 Å². The molecule has 1 aromatic rings. The number of fused-ring (bicyclic) bond motifs is 1. The molecule has 0 unspecified atom stereocenters. The average molecular weight is 412 g/mol. The van der Waals surface area contributed by atoms with Crippen LogP contribution in [0.5, 0.6) is 0 Å². The van der Waals surface area contributed by atoms with Crippen LogP contribution in [0.4, 0.5) is 5.69 Å². The van der Waals surface area contributed by atoms with Gasteiger partial charge in [0.25, 0.3) is 5.91 Å². The molecular formula is C21H28N6O3. The molecule has 9 heteroatoms. The number of guanidine groups is 1. The Kier molecular flexibility index (Phi) is 7.05. The van der Waals surface area contributed by atoms with Crippen LogP contribution in [0.2, 0.25) is 0 Å². The standard InChI is InChI=1S/C21H28N6O3/c22-21(23)27-12-10-14(11-13-27)24-20(30)17-8-2-1-3-9-18(28)25-16-7-5-4-6-15(16)19(29)26-17/h1-2,4-7,14,17H,3,8-13H2,(H3,22,23)(H,24,30)(H,25,28)(H,26,29)/b2-1+/t17-/m1/s1. The lowest BCUT2D eigenvalue weighted by Gasteiger charge is -2.33. The molecule has 0 saturated carbocycles. The zero-order valence-corrected chi connectivity index (χ0v) is 16.8. The summed E-state index contributed by atoms with van der Waals surface area (Å²) >= 11 is 0. The van der Waals surface area contributed by atoms with Crippen molar-refractivity contribution in [1.29, 1.82) is 5.41 Å². The van der Waals surface area contributed by atoms with E-state index in [-0.39, 0.29) is 23.8 Å². The lowest BCUT2D eigenvalue weighted by Crippen LogP contribution is -2.53. The highest BCUT2D eigenvalue weighted by atomic mass is 16.2.